The summed E-state index contributed by atoms with van der Waals surface area (Å²) in [7, 11) is 0. The Morgan fingerprint density at radius 3 is 3.00 bits per heavy atom. The number of hydrogen-bond donors (Lipinski definition) is 0. The summed E-state index contributed by atoms with van der Waals surface area (Å²) < 4.78 is 9.35. The van der Waals surface area contributed by atoms with Crippen LogP contribution in [0, 0.1) is 0 Å². The van der Waals surface area contributed by atoms with E-state index in [0.29, 0.717) is 12.2 Å². The minimum Gasteiger partial charge on any atom is -0.430 e. The highest BCUT2D eigenvalue weighted by atomic mass is 16.7. The Balaban J connectivity index is 2.50. The second-order valence-corrected chi connectivity index (χ2v) is 2.24. The van der Waals surface area contributed by atoms with Crippen LogP contribution in [0.4, 0.5) is 4.79 Å². The maximum atomic E-state index is 10.5. The molecule has 1 saturated heterocycles. The Labute approximate surface area is 59.6 Å². The zero-order valence-electron chi connectivity index (χ0n) is 5.92. The molecule has 0 radical (unpaired) electrons. The van der Waals surface area contributed by atoms with Crippen LogP contribution in [0.5, 0.6) is 0 Å². The van der Waals surface area contributed by atoms with E-state index in [1.807, 2.05) is 6.92 Å². The molecular formula is C7H10O3. The summed E-state index contributed by atoms with van der Waals surface area (Å²) in [6.45, 7) is 5.49. The first-order valence-corrected chi connectivity index (χ1v) is 3.28. The summed E-state index contributed by atoms with van der Waals surface area (Å²) in [6.07, 6.45) is 0.785. The second-order valence-electron chi connectivity index (χ2n) is 2.24. The Morgan fingerprint density at radius 2 is 2.50 bits per heavy atom. The Bertz CT molecular complexity index is 146. The third kappa shape index (κ3) is 1.50. The fraction of sp³-hybridized carbons (Fsp3) is 0.571. The average molecular weight is 142 g/mol. The van der Waals surface area contributed by atoms with E-state index in [1.54, 1.807) is 0 Å². The first-order chi connectivity index (χ1) is 4.72. The largest absolute Gasteiger partial charge is 0.513 e. The zero-order chi connectivity index (χ0) is 7.56. The number of carbonyl (C=O) groups is 1. The lowest BCUT2D eigenvalue weighted by Crippen LogP contribution is -2.24. The molecular weight excluding hydrogens is 132 g/mol. The summed E-state index contributed by atoms with van der Waals surface area (Å²) in [5.41, 5.74) is 0. The van der Waals surface area contributed by atoms with Crippen LogP contribution in [0.2, 0.25) is 0 Å². The van der Waals surface area contributed by atoms with E-state index >= 15 is 0 Å². The highest BCUT2D eigenvalue weighted by Crippen LogP contribution is 2.18. The van der Waals surface area contributed by atoms with Crippen molar-refractivity contribution in [2.45, 2.75) is 25.9 Å². The summed E-state index contributed by atoms with van der Waals surface area (Å²) >= 11 is 0. The van der Waals surface area contributed by atoms with Gasteiger partial charge in [-0.2, -0.15) is 0 Å². The smallest absolute Gasteiger partial charge is 0.430 e. The Kier molecular flexibility index (Phi) is 1.94. The molecule has 0 bridgehead atoms. The van der Waals surface area contributed by atoms with Crippen LogP contribution in [0.3, 0.4) is 0 Å². The molecule has 0 N–H and O–H groups in total. The quantitative estimate of drug-likeness (QED) is 0.524. The SMILES string of the molecule is C=C1CC(CC)OC(=O)O1. The van der Waals surface area contributed by atoms with Gasteiger partial charge in [0.1, 0.15) is 11.9 Å². The second kappa shape index (κ2) is 2.73. The minimum atomic E-state index is -0.622. The molecule has 0 amide bonds. The molecule has 1 rings (SSSR count). The van der Waals surface area contributed by atoms with Crippen LogP contribution >= 0.6 is 0 Å². The molecule has 10 heavy (non-hydrogen) atoms. The maximum absolute atomic E-state index is 10.5. The average Bonchev–Trinajstić information content (AvgIpc) is 1.85. The third-order valence-electron chi connectivity index (χ3n) is 1.40. The minimum absolute atomic E-state index is 0.0336. The van der Waals surface area contributed by atoms with Gasteiger partial charge in [-0.1, -0.05) is 13.5 Å². The van der Waals surface area contributed by atoms with Crippen molar-refractivity contribution in [2.75, 3.05) is 0 Å². The van der Waals surface area contributed by atoms with Gasteiger partial charge < -0.3 is 9.47 Å². The van der Waals surface area contributed by atoms with Crippen molar-refractivity contribution >= 4 is 6.16 Å². The first kappa shape index (κ1) is 7.12. The molecule has 3 heteroatoms. The van der Waals surface area contributed by atoms with E-state index in [4.69, 9.17) is 4.74 Å². The molecule has 0 spiro atoms. The molecule has 1 aliphatic heterocycles. The van der Waals surface area contributed by atoms with E-state index in [1.165, 1.54) is 0 Å². The molecule has 0 aromatic heterocycles. The van der Waals surface area contributed by atoms with Gasteiger partial charge in [-0.3, -0.25) is 0 Å². The molecule has 0 aromatic carbocycles. The van der Waals surface area contributed by atoms with E-state index in [-0.39, 0.29) is 6.10 Å². The van der Waals surface area contributed by atoms with Gasteiger partial charge in [-0.25, -0.2) is 4.79 Å². The lowest BCUT2D eigenvalue weighted by atomic mass is 10.2. The Morgan fingerprint density at radius 1 is 1.80 bits per heavy atom. The predicted molar refractivity (Wildman–Crippen MR) is 35.4 cm³/mol. The van der Waals surface area contributed by atoms with Crippen molar-refractivity contribution in [1.82, 2.24) is 0 Å². The normalized spacial score (nSPS) is 25.5. The molecule has 0 aromatic rings. The third-order valence-corrected chi connectivity index (χ3v) is 1.40. The summed E-state index contributed by atoms with van der Waals surface area (Å²) in [4.78, 5) is 10.5. The van der Waals surface area contributed by atoms with E-state index in [9.17, 15) is 4.79 Å². The zero-order valence-corrected chi connectivity index (χ0v) is 5.92. The van der Waals surface area contributed by atoms with E-state index in [0.717, 1.165) is 6.42 Å². The van der Waals surface area contributed by atoms with Gasteiger partial charge in [0.15, 0.2) is 0 Å². The van der Waals surface area contributed by atoms with Crippen LogP contribution in [0.15, 0.2) is 12.3 Å². The fourth-order valence-corrected chi connectivity index (χ4v) is 0.843. The molecule has 1 atom stereocenters. The summed E-state index contributed by atoms with van der Waals surface area (Å²) in [6, 6.07) is 0. The maximum Gasteiger partial charge on any atom is 0.513 e. The number of rotatable bonds is 1. The number of carbonyl (C=O) groups excluding carboxylic acids is 1. The molecule has 0 saturated carbocycles. The van der Waals surface area contributed by atoms with Gasteiger partial charge in [0.05, 0.1) is 0 Å². The molecule has 1 unspecified atom stereocenters. The first-order valence-electron chi connectivity index (χ1n) is 3.28. The van der Waals surface area contributed by atoms with Gasteiger partial charge in [-0.05, 0) is 6.42 Å². The Hall–Kier alpha value is -0.990. The molecule has 1 fully saturated rings. The van der Waals surface area contributed by atoms with Gasteiger partial charge >= 0.3 is 6.16 Å². The lowest BCUT2D eigenvalue weighted by Gasteiger charge is -2.21. The van der Waals surface area contributed by atoms with Crippen molar-refractivity contribution in [3.8, 4) is 0 Å². The molecule has 1 heterocycles. The van der Waals surface area contributed by atoms with Crippen molar-refractivity contribution in [3.05, 3.63) is 12.3 Å². The van der Waals surface area contributed by atoms with Crippen molar-refractivity contribution in [3.63, 3.8) is 0 Å². The van der Waals surface area contributed by atoms with Crippen LogP contribution in [0.1, 0.15) is 19.8 Å². The molecule has 1 aliphatic rings. The van der Waals surface area contributed by atoms with Gasteiger partial charge in [0.2, 0.25) is 0 Å². The highest BCUT2D eigenvalue weighted by molar-refractivity contribution is 5.62. The van der Waals surface area contributed by atoms with Gasteiger partial charge in [-0.15, -0.1) is 0 Å². The van der Waals surface area contributed by atoms with Crippen molar-refractivity contribution in [1.29, 1.82) is 0 Å². The fourth-order valence-electron chi connectivity index (χ4n) is 0.843. The highest BCUT2D eigenvalue weighted by Gasteiger charge is 2.22. The molecule has 0 aliphatic carbocycles. The van der Waals surface area contributed by atoms with Gasteiger partial charge in [0, 0.05) is 6.42 Å². The molecule has 56 valence electrons. The standard InChI is InChI=1S/C7H10O3/c1-3-6-4-5(2)9-7(8)10-6/h6H,2-4H2,1H3. The van der Waals surface area contributed by atoms with Crippen LogP contribution in [-0.4, -0.2) is 12.3 Å². The van der Waals surface area contributed by atoms with E-state index in [2.05, 4.69) is 11.3 Å². The monoisotopic (exact) mass is 142 g/mol. The number of ether oxygens (including phenoxy) is 2. The predicted octanol–water partition coefficient (Wildman–Crippen LogP) is 1.84. The lowest BCUT2D eigenvalue weighted by molar-refractivity contribution is 0.00494. The summed E-state index contributed by atoms with van der Waals surface area (Å²) in [5, 5.41) is 0. The summed E-state index contributed by atoms with van der Waals surface area (Å²) in [5.74, 6) is 0.503. The van der Waals surface area contributed by atoms with Crippen molar-refractivity contribution < 1.29 is 14.3 Å². The topological polar surface area (TPSA) is 35.5 Å². The van der Waals surface area contributed by atoms with Crippen LogP contribution in [0.25, 0.3) is 0 Å². The van der Waals surface area contributed by atoms with Gasteiger partial charge in [0.25, 0.3) is 0 Å². The van der Waals surface area contributed by atoms with Crippen LogP contribution in [-0.2, 0) is 9.47 Å². The van der Waals surface area contributed by atoms with E-state index < -0.39 is 6.16 Å². The number of cyclic esters (lactones) is 2. The van der Waals surface area contributed by atoms with Crippen LogP contribution < -0.4 is 0 Å². The molecule has 3 nitrogen and oxygen atoms in total. The van der Waals surface area contributed by atoms with Crippen molar-refractivity contribution in [2.24, 2.45) is 0 Å². The number of hydrogen-bond acceptors (Lipinski definition) is 3.